The molecule has 1 saturated heterocycles. The first-order valence-corrected chi connectivity index (χ1v) is 9.49. The fraction of sp³-hybridized carbons (Fsp3) is 0.429. The summed E-state index contributed by atoms with van der Waals surface area (Å²) in [5.74, 6) is 2.07. The van der Waals surface area contributed by atoms with E-state index in [1.807, 2.05) is 48.9 Å². The summed E-state index contributed by atoms with van der Waals surface area (Å²) in [7, 11) is 0. The number of carbonyl (C=O) groups excluding carboxylic acids is 1. The van der Waals surface area contributed by atoms with Crippen molar-refractivity contribution in [3.8, 4) is 0 Å². The molecule has 1 fully saturated rings. The lowest BCUT2D eigenvalue weighted by Gasteiger charge is -2.22. The fourth-order valence-corrected chi connectivity index (χ4v) is 3.73. The normalized spacial score (nSPS) is 15.3. The highest BCUT2D eigenvalue weighted by molar-refractivity contribution is 6.04. The van der Waals surface area contributed by atoms with Gasteiger partial charge in [-0.2, -0.15) is 5.10 Å². The van der Waals surface area contributed by atoms with Crippen LogP contribution < -0.4 is 5.32 Å². The molecule has 1 amide bonds. The van der Waals surface area contributed by atoms with Gasteiger partial charge in [0.25, 0.3) is 5.91 Å². The van der Waals surface area contributed by atoms with Gasteiger partial charge in [0.2, 0.25) is 0 Å². The van der Waals surface area contributed by atoms with Crippen LogP contribution >= 0.6 is 0 Å². The molecule has 142 valence electrons. The van der Waals surface area contributed by atoms with Crippen molar-refractivity contribution in [2.75, 3.05) is 13.2 Å². The van der Waals surface area contributed by atoms with E-state index in [0.29, 0.717) is 18.2 Å². The number of aryl methyl sites for hydroxylation is 2. The van der Waals surface area contributed by atoms with Crippen molar-refractivity contribution in [3.63, 3.8) is 0 Å². The highest BCUT2D eigenvalue weighted by Crippen LogP contribution is 2.23. The number of nitrogens with one attached hydrogen (secondary N) is 1. The van der Waals surface area contributed by atoms with Crippen molar-refractivity contribution in [2.24, 2.45) is 5.92 Å². The zero-order valence-corrected chi connectivity index (χ0v) is 15.8. The van der Waals surface area contributed by atoms with Gasteiger partial charge in [-0.15, -0.1) is 0 Å². The van der Waals surface area contributed by atoms with Crippen LogP contribution in [-0.2, 0) is 17.8 Å². The van der Waals surface area contributed by atoms with E-state index in [0.717, 1.165) is 60.6 Å². The van der Waals surface area contributed by atoms with Gasteiger partial charge in [0.15, 0.2) is 5.69 Å². The monoisotopic (exact) mass is 367 g/mol. The van der Waals surface area contributed by atoms with Gasteiger partial charge >= 0.3 is 0 Å². The number of amides is 1. The molecule has 3 aromatic rings. The van der Waals surface area contributed by atoms with E-state index >= 15 is 0 Å². The van der Waals surface area contributed by atoms with E-state index in [2.05, 4.69) is 10.4 Å². The Morgan fingerprint density at radius 1 is 1.26 bits per heavy atom. The van der Waals surface area contributed by atoms with Gasteiger partial charge in [-0.25, -0.2) is 0 Å². The third-order valence-corrected chi connectivity index (χ3v) is 5.23. The Morgan fingerprint density at radius 3 is 2.78 bits per heavy atom. The minimum absolute atomic E-state index is 0.157. The first-order chi connectivity index (χ1) is 13.1. The van der Waals surface area contributed by atoms with Crippen LogP contribution in [0.15, 0.2) is 34.7 Å². The van der Waals surface area contributed by atoms with Crippen molar-refractivity contribution < 1.29 is 13.9 Å². The standard InChI is InChI=1S/C21H25N3O3/c1-14-11-17(15(2)27-14)12-22-21(25)20-18-5-3-4-6-19(18)24(23-20)13-16-7-9-26-10-8-16/h3-6,11,16H,7-10,12-13H2,1-2H3,(H,22,25). The first-order valence-electron chi connectivity index (χ1n) is 9.49. The maximum absolute atomic E-state index is 12.8. The second kappa shape index (κ2) is 7.56. The number of para-hydroxylation sites is 1. The first kappa shape index (κ1) is 17.8. The number of aromatic nitrogens is 2. The van der Waals surface area contributed by atoms with E-state index in [1.54, 1.807) is 0 Å². The van der Waals surface area contributed by atoms with Gasteiger partial charge in [-0.1, -0.05) is 18.2 Å². The number of nitrogens with zero attached hydrogens (tertiary/aromatic N) is 2. The number of hydrogen-bond donors (Lipinski definition) is 1. The van der Waals surface area contributed by atoms with Gasteiger partial charge in [0.1, 0.15) is 11.5 Å². The lowest BCUT2D eigenvalue weighted by atomic mass is 10.0. The minimum atomic E-state index is -0.157. The van der Waals surface area contributed by atoms with E-state index in [1.165, 1.54) is 0 Å². The molecule has 3 heterocycles. The summed E-state index contributed by atoms with van der Waals surface area (Å²) in [6.45, 7) is 6.68. The highest BCUT2D eigenvalue weighted by atomic mass is 16.5. The van der Waals surface area contributed by atoms with Crippen LogP contribution in [0.5, 0.6) is 0 Å². The second-order valence-corrected chi connectivity index (χ2v) is 7.22. The predicted molar refractivity (Wildman–Crippen MR) is 103 cm³/mol. The average molecular weight is 367 g/mol. The van der Waals surface area contributed by atoms with E-state index < -0.39 is 0 Å². The molecule has 0 radical (unpaired) electrons. The molecule has 0 saturated carbocycles. The number of carbonyl (C=O) groups is 1. The maximum Gasteiger partial charge on any atom is 0.272 e. The van der Waals surface area contributed by atoms with Crippen LogP contribution in [0.25, 0.3) is 10.9 Å². The van der Waals surface area contributed by atoms with Crippen molar-refractivity contribution in [2.45, 2.75) is 39.8 Å². The number of ether oxygens (including phenoxy) is 1. The number of fused-ring (bicyclic) bond motifs is 1. The van der Waals surface area contributed by atoms with E-state index in [9.17, 15) is 4.79 Å². The molecule has 0 spiro atoms. The van der Waals surface area contributed by atoms with Crippen molar-refractivity contribution in [1.29, 1.82) is 0 Å². The summed E-state index contributed by atoms with van der Waals surface area (Å²) < 4.78 is 13.0. The molecule has 1 aliphatic heterocycles. The zero-order valence-electron chi connectivity index (χ0n) is 15.8. The molecule has 0 atom stereocenters. The molecule has 27 heavy (non-hydrogen) atoms. The summed E-state index contributed by atoms with van der Waals surface area (Å²) in [4.78, 5) is 12.8. The Bertz CT molecular complexity index is 951. The van der Waals surface area contributed by atoms with Crippen molar-refractivity contribution in [3.05, 3.63) is 53.1 Å². The summed E-state index contributed by atoms with van der Waals surface area (Å²) >= 11 is 0. The van der Waals surface area contributed by atoms with Gasteiger partial charge < -0.3 is 14.5 Å². The van der Waals surface area contributed by atoms with Crippen LogP contribution in [0.4, 0.5) is 0 Å². The Balaban J connectivity index is 1.55. The Hall–Kier alpha value is -2.60. The summed E-state index contributed by atoms with van der Waals surface area (Å²) in [5, 5.41) is 8.54. The topological polar surface area (TPSA) is 69.3 Å². The summed E-state index contributed by atoms with van der Waals surface area (Å²) in [5.41, 5.74) is 2.48. The van der Waals surface area contributed by atoms with Gasteiger partial charge in [0.05, 0.1) is 5.52 Å². The predicted octanol–water partition coefficient (Wildman–Crippen LogP) is 3.60. The molecule has 0 bridgehead atoms. The van der Waals surface area contributed by atoms with Crippen LogP contribution in [0, 0.1) is 19.8 Å². The molecule has 1 aromatic carbocycles. The molecular formula is C21H25N3O3. The Labute approximate surface area is 158 Å². The molecule has 6 nitrogen and oxygen atoms in total. The smallest absolute Gasteiger partial charge is 0.272 e. The Kier molecular flexibility index (Phi) is 4.99. The van der Waals surface area contributed by atoms with Crippen molar-refractivity contribution in [1.82, 2.24) is 15.1 Å². The SMILES string of the molecule is Cc1cc(CNC(=O)c2nn(CC3CCOCC3)c3ccccc23)c(C)o1. The second-order valence-electron chi connectivity index (χ2n) is 7.22. The molecule has 2 aromatic heterocycles. The van der Waals surface area contributed by atoms with Crippen LogP contribution in [0.1, 0.15) is 40.4 Å². The molecule has 1 N–H and O–H groups in total. The Morgan fingerprint density at radius 2 is 2.04 bits per heavy atom. The van der Waals surface area contributed by atoms with Crippen molar-refractivity contribution >= 4 is 16.8 Å². The molecule has 6 heteroatoms. The summed E-state index contributed by atoms with van der Waals surface area (Å²) in [6.07, 6.45) is 2.07. The molecule has 1 aliphatic rings. The third-order valence-electron chi connectivity index (χ3n) is 5.23. The lowest BCUT2D eigenvalue weighted by Crippen LogP contribution is -2.24. The number of benzene rings is 1. The summed E-state index contributed by atoms with van der Waals surface area (Å²) in [6, 6.07) is 9.89. The molecule has 0 unspecified atom stereocenters. The van der Waals surface area contributed by atoms with Crippen LogP contribution in [-0.4, -0.2) is 28.9 Å². The molecule has 4 rings (SSSR count). The largest absolute Gasteiger partial charge is 0.466 e. The zero-order chi connectivity index (χ0) is 18.8. The van der Waals surface area contributed by atoms with Crippen LogP contribution in [0.3, 0.4) is 0 Å². The quantitative estimate of drug-likeness (QED) is 0.748. The van der Waals surface area contributed by atoms with E-state index in [-0.39, 0.29) is 5.91 Å². The van der Waals surface area contributed by atoms with Crippen LogP contribution in [0.2, 0.25) is 0 Å². The number of furan rings is 1. The fourth-order valence-electron chi connectivity index (χ4n) is 3.73. The third kappa shape index (κ3) is 3.76. The number of hydrogen-bond acceptors (Lipinski definition) is 4. The lowest BCUT2D eigenvalue weighted by molar-refractivity contribution is 0.0604. The van der Waals surface area contributed by atoms with Gasteiger partial charge in [0, 0.05) is 37.3 Å². The average Bonchev–Trinajstić information content (AvgIpc) is 3.20. The van der Waals surface area contributed by atoms with Gasteiger partial charge in [-0.3, -0.25) is 9.48 Å². The number of rotatable bonds is 5. The molecular weight excluding hydrogens is 342 g/mol. The molecule has 0 aliphatic carbocycles. The highest BCUT2D eigenvalue weighted by Gasteiger charge is 2.20. The van der Waals surface area contributed by atoms with E-state index in [4.69, 9.17) is 9.15 Å². The maximum atomic E-state index is 12.8. The minimum Gasteiger partial charge on any atom is -0.466 e. The van der Waals surface area contributed by atoms with Gasteiger partial charge in [-0.05, 0) is 44.7 Å².